The predicted octanol–water partition coefficient (Wildman–Crippen LogP) is 0.494. The van der Waals surface area contributed by atoms with Crippen molar-refractivity contribution < 1.29 is 47.7 Å². The lowest BCUT2D eigenvalue weighted by molar-refractivity contribution is -0.305. The molecule has 3 rings (SSSR count). The number of carboxylic acids is 1. The van der Waals surface area contributed by atoms with Gasteiger partial charge in [-0.1, -0.05) is 50.1 Å². The zero-order valence-electron chi connectivity index (χ0n) is 22.4. The molecule has 0 bridgehead atoms. The molecule has 9 nitrogen and oxygen atoms in total. The van der Waals surface area contributed by atoms with E-state index >= 15 is 0 Å². The molecule has 1 heterocycles. The van der Waals surface area contributed by atoms with E-state index in [0.29, 0.717) is 5.75 Å². The van der Waals surface area contributed by atoms with E-state index in [4.69, 9.17) is 22.4 Å². The first-order chi connectivity index (χ1) is 17.2. The molecule has 0 radical (unpaired) electrons. The Morgan fingerprint density at radius 3 is 2.61 bits per heavy atom. The van der Waals surface area contributed by atoms with Crippen molar-refractivity contribution in [3.63, 3.8) is 0 Å². The van der Waals surface area contributed by atoms with Crippen LogP contribution in [-0.2, 0) is 14.3 Å². The maximum absolute atomic E-state index is 11.4. The molecule has 170 valence electrons. The molecule has 1 aliphatic heterocycles. The Morgan fingerprint density at radius 2 is 1.87 bits per heavy atom. The van der Waals surface area contributed by atoms with Crippen molar-refractivity contribution in [1.29, 1.82) is 0 Å². The zero-order valence-corrected chi connectivity index (χ0v) is 16.4. The van der Waals surface area contributed by atoms with Crippen LogP contribution in [-0.4, -0.2) is 82.4 Å². The van der Waals surface area contributed by atoms with E-state index in [0.717, 1.165) is 10.8 Å². The molecule has 0 aromatic heterocycles. The molecule has 2 aromatic rings. The summed E-state index contributed by atoms with van der Waals surface area (Å²) >= 11 is 0. The SMILES string of the molecule is [2H]C([2H])([2H])C(NCC(COc1cccc2ccccc12)O[C@@H]1O[C@H](C(=O)O)[C@@H](O)[C@H](O)[C@H]1O)C([2H])([2H])[2H]. The number of fused-ring (bicyclic) bond motifs is 1. The van der Waals surface area contributed by atoms with Crippen LogP contribution in [0.1, 0.15) is 21.9 Å². The summed E-state index contributed by atoms with van der Waals surface area (Å²) in [5, 5.41) is 43.6. The minimum Gasteiger partial charge on any atom is -0.490 e. The highest BCUT2D eigenvalue weighted by Crippen LogP contribution is 2.26. The minimum absolute atomic E-state index is 0.307. The summed E-state index contributed by atoms with van der Waals surface area (Å²) < 4.78 is 62.1. The zero-order chi connectivity index (χ0) is 27.5. The van der Waals surface area contributed by atoms with Crippen molar-refractivity contribution in [1.82, 2.24) is 5.32 Å². The fraction of sp³-hybridized carbons (Fsp3) is 0.500. The largest absolute Gasteiger partial charge is 0.490 e. The number of aliphatic hydroxyl groups excluding tert-OH is 3. The number of hydrogen-bond acceptors (Lipinski definition) is 8. The third-order valence-electron chi connectivity index (χ3n) is 4.86. The second kappa shape index (κ2) is 10.4. The topological polar surface area (TPSA) is 138 Å². The van der Waals surface area contributed by atoms with Gasteiger partial charge < -0.3 is 40.0 Å². The highest BCUT2D eigenvalue weighted by molar-refractivity contribution is 5.88. The van der Waals surface area contributed by atoms with Crippen LogP contribution in [0.4, 0.5) is 0 Å². The molecule has 6 atom stereocenters. The van der Waals surface area contributed by atoms with E-state index < -0.39 is 69.1 Å². The number of nitrogens with one attached hydrogen (secondary N) is 1. The number of carboxylic acid groups (broad SMARTS) is 1. The van der Waals surface area contributed by atoms with E-state index in [1.165, 1.54) is 0 Å². The quantitative estimate of drug-likeness (QED) is 0.376. The Morgan fingerprint density at radius 1 is 1.13 bits per heavy atom. The molecular weight excluding hydrogens is 406 g/mol. The first kappa shape index (κ1) is 16.4. The van der Waals surface area contributed by atoms with Crippen LogP contribution in [0.5, 0.6) is 5.75 Å². The van der Waals surface area contributed by atoms with E-state index in [1.54, 1.807) is 24.3 Å². The standard InChI is InChI=1S/C22H29NO8/c1-12(2)23-10-14(11-29-16-9-5-7-13-6-3-4-8-15(13)16)30-22-19(26)17(24)18(25)20(31-22)21(27)28/h3-9,12,14,17-20,22-26H,10-11H2,1-2H3,(H,27,28)/t14?,17-,18-,19+,20-,22+/m0/s1/i1D3,2D3. The van der Waals surface area contributed by atoms with Gasteiger partial charge in [0, 0.05) is 26.2 Å². The van der Waals surface area contributed by atoms with Crippen molar-refractivity contribution in [2.45, 2.75) is 56.6 Å². The Hall–Kier alpha value is -2.27. The number of aliphatic carboxylic acids is 1. The van der Waals surface area contributed by atoms with E-state index in [-0.39, 0.29) is 6.61 Å². The van der Waals surface area contributed by atoms with Crippen LogP contribution in [0.15, 0.2) is 42.5 Å². The van der Waals surface area contributed by atoms with Crippen molar-refractivity contribution in [3.05, 3.63) is 42.5 Å². The lowest BCUT2D eigenvalue weighted by Crippen LogP contribution is -2.61. The number of benzene rings is 2. The smallest absolute Gasteiger partial charge is 0.335 e. The molecule has 0 spiro atoms. The van der Waals surface area contributed by atoms with Gasteiger partial charge in [-0.15, -0.1) is 0 Å². The van der Waals surface area contributed by atoms with Gasteiger partial charge in [-0.25, -0.2) is 4.79 Å². The summed E-state index contributed by atoms with van der Waals surface area (Å²) in [5.41, 5.74) is 0. The van der Waals surface area contributed by atoms with Gasteiger partial charge in [0.25, 0.3) is 0 Å². The van der Waals surface area contributed by atoms with Crippen LogP contribution in [0, 0.1) is 0 Å². The average Bonchev–Trinajstić information content (AvgIpc) is 2.80. The number of hydrogen-bond donors (Lipinski definition) is 5. The highest BCUT2D eigenvalue weighted by atomic mass is 16.7. The van der Waals surface area contributed by atoms with Gasteiger partial charge in [0.1, 0.15) is 36.8 Å². The van der Waals surface area contributed by atoms with Gasteiger partial charge in [-0.05, 0) is 11.5 Å². The number of aliphatic hydroxyl groups is 3. The normalized spacial score (nSPS) is 31.0. The number of carbonyl (C=O) groups is 1. The molecule has 1 aliphatic rings. The molecule has 1 unspecified atom stereocenters. The maximum atomic E-state index is 11.4. The van der Waals surface area contributed by atoms with Gasteiger partial charge in [0.2, 0.25) is 0 Å². The van der Waals surface area contributed by atoms with Crippen molar-refractivity contribution in [2.75, 3.05) is 13.2 Å². The van der Waals surface area contributed by atoms with Gasteiger partial charge in [0.05, 0.1) is 0 Å². The average molecular weight is 442 g/mol. The lowest BCUT2D eigenvalue weighted by atomic mass is 9.99. The third-order valence-corrected chi connectivity index (χ3v) is 4.86. The number of ether oxygens (including phenoxy) is 3. The summed E-state index contributed by atoms with van der Waals surface area (Å²) in [5.74, 6) is -1.18. The molecule has 1 saturated heterocycles. The molecule has 1 fully saturated rings. The predicted molar refractivity (Wildman–Crippen MR) is 112 cm³/mol. The van der Waals surface area contributed by atoms with Crippen molar-refractivity contribution in [3.8, 4) is 5.75 Å². The molecule has 9 heteroatoms. The molecular formula is C22H29NO8. The Bertz CT molecular complexity index is 1050. The fourth-order valence-electron chi connectivity index (χ4n) is 3.25. The van der Waals surface area contributed by atoms with E-state index in [2.05, 4.69) is 5.32 Å². The monoisotopic (exact) mass is 441 g/mol. The first-order valence-electron chi connectivity index (χ1n) is 12.6. The maximum Gasteiger partial charge on any atom is 0.335 e. The van der Waals surface area contributed by atoms with Gasteiger partial charge in [-0.2, -0.15) is 0 Å². The van der Waals surface area contributed by atoms with Crippen LogP contribution in [0.25, 0.3) is 10.8 Å². The Balaban J connectivity index is 1.83. The van der Waals surface area contributed by atoms with E-state index in [9.17, 15) is 25.2 Å². The summed E-state index contributed by atoms with van der Waals surface area (Å²) in [6.07, 6.45) is -10.6. The summed E-state index contributed by atoms with van der Waals surface area (Å²) in [6.45, 7) is -6.53. The third kappa shape index (κ3) is 5.70. The molecule has 2 aromatic carbocycles. The second-order valence-corrected chi connectivity index (χ2v) is 7.12. The fourth-order valence-corrected chi connectivity index (χ4v) is 3.25. The van der Waals surface area contributed by atoms with Crippen molar-refractivity contribution >= 4 is 16.7 Å². The van der Waals surface area contributed by atoms with Crippen LogP contribution in [0.3, 0.4) is 0 Å². The number of rotatable bonds is 9. The van der Waals surface area contributed by atoms with Gasteiger partial charge in [0.15, 0.2) is 12.4 Å². The van der Waals surface area contributed by atoms with E-state index in [1.807, 2.05) is 18.2 Å². The highest BCUT2D eigenvalue weighted by Gasteiger charge is 2.48. The summed E-state index contributed by atoms with van der Waals surface area (Å²) in [7, 11) is 0. The molecule has 0 saturated carbocycles. The lowest BCUT2D eigenvalue weighted by Gasteiger charge is -2.39. The van der Waals surface area contributed by atoms with Crippen LogP contribution < -0.4 is 10.1 Å². The summed E-state index contributed by atoms with van der Waals surface area (Å²) in [6, 6.07) is 10.7. The van der Waals surface area contributed by atoms with Crippen molar-refractivity contribution in [2.24, 2.45) is 0 Å². The molecule has 0 amide bonds. The molecule has 31 heavy (non-hydrogen) atoms. The second-order valence-electron chi connectivity index (χ2n) is 7.12. The first-order valence-corrected chi connectivity index (χ1v) is 9.62. The van der Waals surface area contributed by atoms with Gasteiger partial charge in [-0.3, -0.25) is 0 Å². The Kier molecular flexibility index (Phi) is 5.47. The Labute approximate surface area is 188 Å². The summed E-state index contributed by atoms with van der Waals surface area (Å²) in [4.78, 5) is 11.4. The van der Waals surface area contributed by atoms with Gasteiger partial charge >= 0.3 is 5.97 Å². The minimum atomic E-state index is -2.90. The molecule has 0 aliphatic carbocycles. The van der Waals surface area contributed by atoms with Crippen LogP contribution in [0.2, 0.25) is 0 Å². The molecule has 5 N–H and O–H groups in total. The van der Waals surface area contributed by atoms with Crippen LogP contribution >= 0.6 is 0 Å².